The normalized spacial score (nSPS) is 10.4. The molecule has 0 saturated carbocycles. The lowest BCUT2D eigenvalue weighted by Gasteiger charge is -2.15. The number of aryl methyl sites for hydroxylation is 2. The maximum Gasteiger partial charge on any atom is 0.145 e. The minimum Gasteiger partial charge on any atom is -0.456 e. The molecule has 0 aliphatic carbocycles. The van der Waals surface area contributed by atoms with Crippen molar-refractivity contribution in [1.29, 1.82) is 5.26 Å². The summed E-state index contributed by atoms with van der Waals surface area (Å²) in [4.78, 5) is 0. The van der Waals surface area contributed by atoms with Crippen LogP contribution in [0.5, 0.6) is 11.5 Å². The van der Waals surface area contributed by atoms with Crippen molar-refractivity contribution in [3.05, 3.63) is 58.7 Å². The Kier molecular flexibility index (Phi) is 4.10. The van der Waals surface area contributed by atoms with Crippen LogP contribution in [0, 0.1) is 25.2 Å². The highest BCUT2D eigenvalue weighted by molar-refractivity contribution is 5.49. The zero-order valence-electron chi connectivity index (χ0n) is 12.4. The van der Waals surface area contributed by atoms with Crippen LogP contribution in [0.15, 0.2) is 36.4 Å². The molecule has 2 aromatic rings. The van der Waals surface area contributed by atoms with E-state index in [1.807, 2.05) is 38.1 Å². The van der Waals surface area contributed by atoms with Gasteiger partial charge in [0.1, 0.15) is 17.6 Å². The van der Waals surface area contributed by atoms with E-state index < -0.39 is 0 Å². The van der Waals surface area contributed by atoms with Gasteiger partial charge >= 0.3 is 0 Å². The maximum absolute atomic E-state index is 9.22. The lowest BCUT2D eigenvalue weighted by atomic mass is 10.0. The number of benzene rings is 2. The van der Waals surface area contributed by atoms with Gasteiger partial charge in [-0.2, -0.15) is 5.26 Å². The number of nitrogens with zero attached hydrogens (tertiary/aromatic N) is 1. The second-order valence-electron chi connectivity index (χ2n) is 5.41. The molecule has 2 nitrogen and oxygen atoms in total. The molecule has 2 heteroatoms. The second-order valence-corrected chi connectivity index (χ2v) is 5.41. The number of hydrogen-bond acceptors (Lipinski definition) is 2. The molecule has 0 spiro atoms. The third-order valence-corrected chi connectivity index (χ3v) is 3.27. The fourth-order valence-corrected chi connectivity index (χ4v) is 2.15. The molecular weight excluding hydrogens is 246 g/mol. The quantitative estimate of drug-likeness (QED) is 0.774. The number of rotatable bonds is 3. The van der Waals surface area contributed by atoms with E-state index in [0.717, 1.165) is 22.4 Å². The molecule has 0 aliphatic heterocycles. The van der Waals surface area contributed by atoms with E-state index >= 15 is 0 Å². The number of ether oxygens (including phenoxy) is 1. The van der Waals surface area contributed by atoms with E-state index in [1.54, 1.807) is 0 Å². The molecule has 2 aromatic carbocycles. The van der Waals surface area contributed by atoms with Gasteiger partial charge in [-0.3, -0.25) is 0 Å². The average Bonchev–Trinajstić information content (AvgIpc) is 2.40. The summed E-state index contributed by atoms with van der Waals surface area (Å²) in [5, 5.41) is 9.22. The van der Waals surface area contributed by atoms with Gasteiger partial charge in [0.2, 0.25) is 0 Å². The van der Waals surface area contributed by atoms with Gasteiger partial charge in [0, 0.05) is 0 Å². The summed E-state index contributed by atoms with van der Waals surface area (Å²) in [7, 11) is 0. The van der Waals surface area contributed by atoms with Crippen LogP contribution in [0.2, 0.25) is 0 Å². The van der Waals surface area contributed by atoms with E-state index in [2.05, 4.69) is 32.0 Å². The maximum atomic E-state index is 9.22. The fraction of sp³-hybridized carbons (Fsp3) is 0.278. The van der Waals surface area contributed by atoms with Gasteiger partial charge in [-0.25, -0.2) is 0 Å². The van der Waals surface area contributed by atoms with Crippen molar-refractivity contribution in [2.45, 2.75) is 33.6 Å². The summed E-state index contributed by atoms with van der Waals surface area (Å²) in [6.45, 7) is 8.28. The van der Waals surface area contributed by atoms with Crippen molar-refractivity contribution in [2.24, 2.45) is 0 Å². The van der Waals surface area contributed by atoms with Crippen LogP contribution in [0.25, 0.3) is 0 Å². The first kappa shape index (κ1) is 14.1. The molecule has 0 amide bonds. The Balaban J connectivity index is 2.45. The summed E-state index contributed by atoms with van der Waals surface area (Å²) < 4.78 is 6.01. The zero-order chi connectivity index (χ0) is 14.7. The summed E-state index contributed by atoms with van der Waals surface area (Å²) >= 11 is 0. The highest BCUT2D eigenvalue weighted by atomic mass is 16.5. The van der Waals surface area contributed by atoms with Crippen molar-refractivity contribution in [3.8, 4) is 17.6 Å². The van der Waals surface area contributed by atoms with Crippen LogP contribution in [0.3, 0.4) is 0 Å². The Morgan fingerprint density at radius 3 is 2.25 bits per heavy atom. The molecule has 0 unspecified atom stereocenters. The topological polar surface area (TPSA) is 33.0 Å². The minimum absolute atomic E-state index is 0.376. The second kappa shape index (κ2) is 5.79. The highest BCUT2D eigenvalue weighted by Gasteiger charge is 2.11. The van der Waals surface area contributed by atoms with Crippen molar-refractivity contribution in [2.75, 3.05) is 0 Å². The molecule has 0 bridgehead atoms. The summed E-state index contributed by atoms with van der Waals surface area (Å²) in [5.41, 5.74) is 3.93. The van der Waals surface area contributed by atoms with Gasteiger partial charge in [0.25, 0.3) is 0 Å². The Morgan fingerprint density at radius 2 is 1.60 bits per heavy atom. The van der Waals surface area contributed by atoms with Crippen LogP contribution >= 0.6 is 0 Å². The highest BCUT2D eigenvalue weighted by Crippen LogP contribution is 2.33. The molecule has 102 valence electrons. The van der Waals surface area contributed by atoms with Gasteiger partial charge in [-0.05, 0) is 54.7 Å². The fourth-order valence-electron chi connectivity index (χ4n) is 2.15. The Labute approximate surface area is 120 Å². The van der Waals surface area contributed by atoms with Crippen LogP contribution in [0.1, 0.15) is 42.0 Å². The Bertz CT molecular complexity index is 666. The molecule has 0 aliphatic rings. The Hall–Kier alpha value is -2.27. The van der Waals surface area contributed by atoms with E-state index in [4.69, 9.17) is 4.74 Å². The summed E-state index contributed by atoms with van der Waals surface area (Å²) in [6.07, 6.45) is 0. The number of nitriles is 1. The first-order chi connectivity index (χ1) is 9.51. The van der Waals surface area contributed by atoms with E-state index in [-0.39, 0.29) is 0 Å². The smallest absolute Gasteiger partial charge is 0.145 e. The van der Waals surface area contributed by atoms with Crippen molar-refractivity contribution in [1.82, 2.24) is 0 Å². The summed E-state index contributed by atoms with van der Waals surface area (Å²) in [5.74, 6) is 1.83. The van der Waals surface area contributed by atoms with Crippen LogP contribution in [-0.2, 0) is 0 Å². The predicted molar refractivity (Wildman–Crippen MR) is 81.2 cm³/mol. The van der Waals surface area contributed by atoms with Crippen LogP contribution in [0.4, 0.5) is 0 Å². The Morgan fingerprint density at radius 1 is 0.950 bits per heavy atom. The largest absolute Gasteiger partial charge is 0.456 e. The molecular formula is C18H19NO. The zero-order valence-corrected chi connectivity index (χ0v) is 12.4. The third kappa shape index (κ3) is 3.00. The lowest BCUT2D eigenvalue weighted by molar-refractivity contribution is 0.471. The number of hydrogen-bond donors (Lipinski definition) is 0. The van der Waals surface area contributed by atoms with E-state index in [1.165, 1.54) is 0 Å². The molecule has 0 saturated heterocycles. The van der Waals surface area contributed by atoms with Gasteiger partial charge in [0.15, 0.2) is 0 Å². The van der Waals surface area contributed by atoms with Crippen LogP contribution < -0.4 is 4.74 Å². The van der Waals surface area contributed by atoms with Gasteiger partial charge in [-0.1, -0.05) is 32.0 Å². The molecule has 0 N–H and O–H groups in total. The lowest BCUT2D eigenvalue weighted by Crippen LogP contribution is -1.96. The SMILES string of the molecule is Cc1ccc(Oc2cc(C)ccc2C(C)C)c(C#N)c1. The molecule has 0 radical (unpaired) electrons. The minimum atomic E-state index is 0.376. The predicted octanol–water partition coefficient (Wildman–Crippen LogP) is 5.09. The van der Waals surface area contributed by atoms with Crippen molar-refractivity contribution >= 4 is 0 Å². The monoisotopic (exact) mass is 265 g/mol. The van der Waals surface area contributed by atoms with Crippen molar-refractivity contribution < 1.29 is 4.74 Å². The van der Waals surface area contributed by atoms with Gasteiger partial charge in [-0.15, -0.1) is 0 Å². The standard InChI is InChI=1S/C18H19NO/c1-12(2)16-7-5-14(4)10-18(16)20-17-8-6-13(3)9-15(17)11-19/h5-10,12H,1-4H3. The first-order valence-electron chi connectivity index (χ1n) is 6.80. The van der Waals surface area contributed by atoms with Gasteiger partial charge in [0.05, 0.1) is 5.56 Å². The first-order valence-corrected chi connectivity index (χ1v) is 6.80. The molecule has 20 heavy (non-hydrogen) atoms. The average molecular weight is 265 g/mol. The molecule has 0 heterocycles. The third-order valence-electron chi connectivity index (χ3n) is 3.27. The molecule has 0 aromatic heterocycles. The van der Waals surface area contributed by atoms with Crippen molar-refractivity contribution in [3.63, 3.8) is 0 Å². The van der Waals surface area contributed by atoms with E-state index in [9.17, 15) is 5.26 Å². The molecule has 0 atom stereocenters. The molecule has 2 rings (SSSR count). The molecule has 0 fully saturated rings. The van der Waals surface area contributed by atoms with Gasteiger partial charge < -0.3 is 4.74 Å². The van der Waals surface area contributed by atoms with E-state index in [0.29, 0.717) is 17.2 Å². The summed E-state index contributed by atoms with van der Waals surface area (Å²) in [6, 6.07) is 14.1. The van der Waals surface area contributed by atoms with Crippen LogP contribution in [-0.4, -0.2) is 0 Å².